The molecule has 1 rings (SSSR count). The van der Waals surface area contributed by atoms with Gasteiger partial charge in [0, 0.05) is 12.5 Å². The Morgan fingerprint density at radius 2 is 2.36 bits per heavy atom. The lowest BCUT2D eigenvalue weighted by atomic mass is 10.1. The van der Waals surface area contributed by atoms with Crippen LogP contribution in [0.15, 0.2) is 41.3 Å². The van der Waals surface area contributed by atoms with Crippen molar-refractivity contribution in [2.24, 2.45) is 0 Å². The zero-order valence-electron chi connectivity index (χ0n) is 8.25. The molecular weight excluding hydrogens is 181 g/mol. The van der Waals surface area contributed by atoms with Gasteiger partial charge in [0.25, 0.3) is 0 Å². The molecule has 0 aliphatic carbocycles. The molecule has 0 fully saturated rings. The van der Waals surface area contributed by atoms with E-state index in [0.29, 0.717) is 17.2 Å². The van der Waals surface area contributed by atoms with Crippen LogP contribution in [-0.2, 0) is 0 Å². The van der Waals surface area contributed by atoms with E-state index in [1.807, 2.05) is 6.92 Å². The number of oxazole rings is 1. The lowest BCUT2D eigenvalue weighted by Crippen LogP contribution is -1.84. The standard InChI is InChI=1S/C11H12FNO/c1-4-6-9(10(12)5-2)11-7-14-8(3)13-11/h4-7H,2H2,1,3H3/b6-4-,10-9-. The molecule has 14 heavy (non-hydrogen) atoms. The summed E-state index contributed by atoms with van der Waals surface area (Å²) in [6.45, 7) is 6.89. The summed E-state index contributed by atoms with van der Waals surface area (Å²) in [5, 5.41) is 0. The first-order valence-electron chi connectivity index (χ1n) is 4.26. The van der Waals surface area contributed by atoms with Gasteiger partial charge in [0.05, 0.1) is 0 Å². The summed E-state index contributed by atoms with van der Waals surface area (Å²) in [5.74, 6) is 0.107. The molecule has 0 spiro atoms. The summed E-state index contributed by atoms with van der Waals surface area (Å²) >= 11 is 0. The van der Waals surface area contributed by atoms with Gasteiger partial charge in [-0.05, 0) is 13.0 Å². The van der Waals surface area contributed by atoms with E-state index >= 15 is 0 Å². The third kappa shape index (κ3) is 2.19. The second-order valence-corrected chi connectivity index (χ2v) is 2.72. The molecule has 0 radical (unpaired) electrons. The molecule has 74 valence electrons. The minimum atomic E-state index is -0.406. The van der Waals surface area contributed by atoms with Crippen LogP contribution in [0.2, 0.25) is 0 Å². The number of aromatic nitrogens is 1. The second kappa shape index (κ2) is 4.56. The Kier molecular flexibility index (Phi) is 3.40. The van der Waals surface area contributed by atoms with Gasteiger partial charge in [0.2, 0.25) is 0 Å². The van der Waals surface area contributed by atoms with Crippen molar-refractivity contribution in [3.05, 3.63) is 48.5 Å². The Balaban J connectivity index is 3.19. The van der Waals surface area contributed by atoms with E-state index in [1.54, 1.807) is 19.1 Å². The summed E-state index contributed by atoms with van der Waals surface area (Å²) < 4.78 is 18.3. The van der Waals surface area contributed by atoms with Gasteiger partial charge in [-0.2, -0.15) is 0 Å². The summed E-state index contributed by atoms with van der Waals surface area (Å²) in [6, 6.07) is 0. The molecule has 0 saturated carbocycles. The Morgan fingerprint density at radius 1 is 1.64 bits per heavy atom. The fourth-order valence-electron chi connectivity index (χ4n) is 1.05. The average molecular weight is 193 g/mol. The number of allylic oxidation sites excluding steroid dienone is 5. The zero-order valence-corrected chi connectivity index (χ0v) is 8.25. The lowest BCUT2D eigenvalue weighted by Gasteiger charge is -1.96. The van der Waals surface area contributed by atoms with Crippen molar-refractivity contribution in [1.82, 2.24) is 4.98 Å². The number of nitrogens with zero attached hydrogens (tertiary/aromatic N) is 1. The van der Waals surface area contributed by atoms with Gasteiger partial charge in [-0.3, -0.25) is 0 Å². The lowest BCUT2D eigenvalue weighted by molar-refractivity contribution is 0.521. The van der Waals surface area contributed by atoms with Crippen molar-refractivity contribution < 1.29 is 8.81 Å². The third-order valence-corrected chi connectivity index (χ3v) is 1.66. The largest absolute Gasteiger partial charge is 0.449 e. The van der Waals surface area contributed by atoms with Crippen molar-refractivity contribution in [3.8, 4) is 0 Å². The van der Waals surface area contributed by atoms with Crippen LogP contribution in [-0.4, -0.2) is 4.98 Å². The summed E-state index contributed by atoms with van der Waals surface area (Å²) in [6.07, 6.45) is 5.95. The Labute approximate surface area is 82.5 Å². The Bertz CT molecular complexity index is 388. The molecule has 1 aromatic rings. The average Bonchev–Trinajstić information content (AvgIpc) is 2.60. The molecule has 2 nitrogen and oxygen atoms in total. The van der Waals surface area contributed by atoms with Crippen LogP contribution >= 0.6 is 0 Å². The van der Waals surface area contributed by atoms with E-state index in [4.69, 9.17) is 4.42 Å². The second-order valence-electron chi connectivity index (χ2n) is 2.72. The quantitative estimate of drug-likeness (QED) is 0.687. The number of rotatable bonds is 3. The van der Waals surface area contributed by atoms with Crippen molar-refractivity contribution >= 4 is 5.57 Å². The number of aryl methyl sites for hydroxylation is 1. The molecule has 0 saturated heterocycles. The Hall–Kier alpha value is -1.64. The van der Waals surface area contributed by atoms with Crippen LogP contribution in [0.3, 0.4) is 0 Å². The van der Waals surface area contributed by atoms with Crippen LogP contribution in [0.5, 0.6) is 0 Å². The molecule has 3 heteroatoms. The fourth-order valence-corrected chi connectivity index (χ4v) is 1.05. The van der Waals surface area contributed by atoms with Gasteiger partial charge in [0.15, 0.2) is 5.89 Å². The maximum absolute atomic E-state index is 13.3. The molecule has 1 heterocycles. The molecule has 0 aliphatic rings. The first-order chi connectivity index (χ1) is 6.69. The smallest absolute Gasteiger partial charge is 0.191 e. The molecule has 0 N–H and O–H groups in total. The van der Waals surface area contributed by atoms with E-state index in [1.165, 1.54) is 6.26 Å². The SMILES string of the molecule is C=C/C(F)=C(\C=C/C)c1coc(C)n1. The van der Waals surface area contributed by atoms with Crippen molar-refractivity contribution in [2.75, 3.05) is 0 Å². The zero-order chi connectivity index (χ0) is 10.6. The van der Waals surface area contributed by atoms with Crippen LogP contribution < -0.4 is 0 Å². The van der Waals surface area contributed by atoms with Gasteiger partial charge in [-0.15, -0.1) is 0 Å². The van der Waals surface area contributed by atoms with E-state index in [2.05, 4.69) is 11.6 Å². The minimum absolute atomic E-state index is 0.388. The monoisotopic (exact) mass is 193 g/mol. The summed E-state index contributed by atoms with van der Waals surface area (Å²) in [5.41, 5.74) is 0.873. The molecule has 0 atom stereocenters. The fraction of sp³-hybridized carbons (Fsp3) is 0.182. The summed E-state index contributed by atoms with van der Waals surface area (Å²) in [7, 11) is 0. The van der Waals surface area contributed by atoms with Crippen molar-refractivity contribution in [1.29, 1.82) is 0 Å². The van der Waals surface area contributed by atoms with Crippen LogP contribution in [0.1, 0.15) is 18.5 Å². The molecule has 0 aromatic carbocycles. The first kappa shape index (κ1) is 10.4. The van der Waals surface area contributed by atoms with Gasteiger partial charge >= 0.3 is 0 Å². The number of hydrogen-bond donors (Lipinski definition) is 0. The van der Waals surface area contributed by atoms with E-state index in [-0.39, 0.29) is 0 Å². The highest BCUT2D eigenvalue weighted by Crippen LogP contribution is 2.21. The van der Waals surface area contributed by atoms with Gasteiger partial charge < -0.3 is 4.42 Å². The van der Waals surface area contributed by atoms with Gasteiger partial charge in [-0.25, -0.2) is 9.37 Å². The molecule has 0 amide bonds. The van der Waals surface area contributed by atoms with Crippen LogP contribution in [0, 0.1) is 6.92 Å². The predicted molar refractivity (Wildman–Crippen MR) is 54.3 cm³/mol. The third-order valence-electron chi connectivity index (χ3n) is 1.66. The van der Waals surface area contributed by atoms with Crippen LogP contribution in [0.4, 0.5) is 4.39 Å². The van der Waals surface area contributed by atoms with Gasteiger partial charge in [0.1, 0.15) is 17.8 Å². The predicted octanol–water partition coefficient (Wildman–Crippen LogP) is 3.43. The molecule has 0 aliphatic heterocycles. The highest BCUT2D eigenvalue weighted by Gasteiger charge is 2.07. The van der Waals surface area contributed by atoms with Crippen molar-refractivity contribution in [3.63, 3.8) is 0 Å². The molecule has 0 bridgehead atoms. The molecule has 1 aromatic heterocycles. The highest BCUT2D eigenvalue weighted by molar-refractivity contribution is 5.74. The van der Waals surface area contributed by atoms with E-state index in [9.17, 15) is 4.39 Å². The first-order valence-corrected chi connectivity index (χ1v) is 4.26. The van der Waals surface area contributed by atoms with Gasteiger partial charge in [-0.1, -0.05) is 18.7 Å². The highest BCUT2D eigenvalue weighted by atomic mass is 19.1. The topological polar surface area (TPSA) is 26.0 Å². The number of halogens is 1. The maximum Gasteiger partial charge on any atom is 0.191 e. The normalized spacial score (nSPS) is 13.1. The number of hydrogen-bond acceptors (Lipinski definition) is 2. The minimum Gasteiger partial charge on any atom is -0.449 e. The Morgan fingerprint density at radius 3 is 2.79 bits per heavy atom. The van der Waals surface area contributed by atoms with E-state index < -0.39 is 5.83 Å². The van der Waals surface area contributed by atoms with E-state index in [0.717, 1.165) is 6.08 Å². The molecular formula is C11H12FNO. The van der Waals surface area contributed by atoms with Crippen molar-refractivity contribution in [2.45, 2.75) is 13.8 Å². The summed E-state index contributed by atoms with van der Waals surface area (Å²) in [4.78, 5) is 4.04. The molecule has 0 unspecified atom stereocenters. The van der Waals surface area contributed by atoms with Crippen LogP contribution in [0.25, 0.3) is 5.57 Å². The maximum atomic E-state index is 13.3.